The molecule has 1 fully saturated rings. The number of nitrogen functional groups attached to an aromatic ring is 1. The second kappa shape index (κ2) is 5.23. The van der Waals surface area contributed by atoms with Crippen molar-refractivity contribution in [2.45, 2.75) is 13.3 Å². The van der Waals surface area contributed by atoms with Crippen molar-refractivity contribution in [3.8, 4) is 0 Å². The SMILES string of the molecule is CC1CC1CNC(=O)c1cccc([N+](=O)[O-])c1NN. The first kappa shape index (κ1) is 13.3. The number of anilines is 1. The highest BCUT2D eigenvalue weighted by atomic mass is 16.6. The van der Waals surface area contributed by atoms with Crippen LogP contribution in [-0.4, -0.2) is 17.4 Å². The molecule has 7 nitrogen and oxygen atoms in total. The number of nitrogens with two attached hydrogens (primary N) is 1. The van der Waals surface area contributed by atoms with Crippen LogP contribution in [0.2, 0.25) is 0 Å². The average Bonchev–Trinajstić information content (AvgIpc) is 3.10. The Morgan fingerprint density at radius 3 is 2.79 bits per heavy atom. The van der Waals surface area contributed by atoms with E-state index in [1.807, 2.05) is 0 Å². The van der Waals surface area contributed by atoms with Crippen molar-refractivity contribution in [1.82, 2.24) is 5.32 Å². The number of para-hydroxylation sites is 1. The number of nitrogens with one attached hydrogen (secondary N) is 2. The van der Waals surface area contributed by atoms with Crippen molar-refractivity contribution >= 4 is 17.3 Å². The van der Waals surface area contributed by atoms with E-state index >= 15 is 0 Å². The van der Waals surface area contributed by atoms with Gasteiger partial charge in [0.15, 0.2) is 0 Å². The van der Waals surface area contributed by atoms with Gasteiger partial charge in [-0.3, -0.25) is 20.8 Å². The van der Waals surface area contributed by atoms with Gasteiger partial charge in [-0.25, -0.2) is 0 Å². The fourth-order valence-corrected chi connectivity index (χ4v) is 2.04. The molecular weight excluding hydrogens is 248 g/mol. The van der Waals surface area contributed by atoms with Crippen molar-refractivity contribution in [1.29, 1.82) is 0 Å². The first-order valence-electron chi connectivity index (χ1n) is 6.06. The number of hydrazine groups is 1. The smallest absolute Gasteiger partial charge is 0.294 e. The zero-order valence-corrected chi connectivity index (χ0v) is 10.6. The fraction of sp³-hybridized carbons (Fsp3) is 0.417. The maximum atomic E-state index is 12.0. The first-order chi connectivity index (χ1) is 9.04. The summed E-state index contributed by atoms with van der Waals surface area (Å²) in [5.74, 6) is 6.08. The zero-order chi connectivity index (χ0) is 14.0. The maximum absolute atomic E-state index is 12.0. The highest BCUT2D eigenvalue weighted by molar-refractivity contribution is 6.01. The van der Waals surface area contributed by atoms with E-state index in [-0.39, 0.29) is 22.8 Å². The molecule has 7 heteroatoms. The van der Waals surface area contributed by atoms with Gasteiger partial charge in [0.2, 0.25) is 0 Å². The minimum absolute atomic E-state index is 0.0360. The van der Waals surface area contributed by atoms with Gasteiger partial charge in [0.05, 0.1) is 10.5 Å². The summed E-state index contributed by atoms with van der Waals surface area (Å²) < 4.78 is 0. The monoisotopic (exact) mass is 264 g/mol. The molecule has 1 aromatic carbocycles. The Hall–Kier alpha value is -2.15. The zero-order valence-electron chi connectivity index (χ0n) is 10.6. The molecule has 1 aliphatic carbocycles. The molecule has 2 rings (SSSR count). The van der Waals surface area contributed by atoms with Crippen molar-refractivity contribution in [3.63, 3.8) is 0 Å². The van der Waals surface area contributed by atoms with Gasteiger partial charge in [-0.1, -0.05) is 13.0 Å². The van der Waals surface area contributed by atoms with E-state index < -0.39 is 4.92 Å². The summed E-state index contributed by atoms with van der Waals surface area (Å²) >= 11 is 0. The van der Waals surface area contributed by atoms with Crippen LogP contribution in [0.15, 0.2) is 18.2 Å². The summed E-state index contributed by atoms with van der Waals surface area (Å²) in [4.78, 5) is 22.3. The van der Waals surface area contributed by atoms with Gasteiger partial charge in [0, 0.05) is 12.6 Å². The number of hydrogen-bond donors (Lipinski definition) is 3. The number of nitrogens with zero attached hydrogens (tertiary/aromatic N) is 1. The van der Waals surface area contributed by atoms with Crippen LogP contribution in [0.4, 0.5) is 11.4 Å². The third-order valence-electron chi connectivity index (χ3n) is 3.43. The molecule has 19 heavy (non-hydrogen) atoms. The predicted octanol–water partition coefficient (Wildman–Crippen LogP) is 1.27. The second-order valence-corrected chi connectivity index (χ2v) is 4.78. The Morgan fingerprint density at radius 1 is 1.58 bits per heavy atom. The summed E-state index contributed by atoms with van der Waals surface area (Å²) in [5, 5.41) is 13.6. The van der Waals surface area contributed by atoms with Gasteiger partial charge in [-0.05, 0) is 24.3 Å². The molecule has 0 spiro atoms. The van der Waals surface area contributed by atoms with Crippen molar-refractivity contribution in [3.05, 3.63) is 33.9 Å². The molecule has 0 bridgehead atoms. The molecule has 1 aliphatic rings. The topological polar surface area (TPSA) is 110 Å². The molecule has 1 saturated carbocycles. The largest absolute Gasteiger partial charge is 0.352 e. The van der Waals surface area contributed by atoms with Crippen LogP contribution in [0.5, 0.6) is 0 Å². The summed E-state index contributed by atoms with van der Waals surface area (Å²) in [6.45, 7) is 2.71. The number of amides is 1. The van der Waals surface area contributed by atoms with E-state index in [2.05, 4.69) is 17.7 Å². The third-order valence-corrected chi connectivity index (χ3v) is 3.43. The van der Waals surface area contributed by atoms with Crippen molar-refractivity contribution < 1.29 is 9.72 Å². The number of carbonyl (C=O) groups is 1. The second-order valence-electron chi connectivity index (χ2n) is 4.78. The van der Waals surface area contributed by atoms with E-state index in [1.165, 1.54) is 18.2 Å². The molecule has 0 heterocycles. The maximum Gasteiger partial charge on any atom is 0.294 e. The minimum atomic E-state index is -0.574. The van der Waals surface area contributed by atoms with Crippen LogP contribution in [0.1, 0.15) is 23.7 Å². The summed E-state index contributed by atoms with van der Waals surface area (Å²) in [5.41, 5.74) is 2.24. The number of nitro groups is 1. The lowest BCUT2D eigenvalue weighted by Gasteiger charge is -2.09. The Balaban J connectivity index is 2.16. The van der Waals surface area contributed by atoms with Gasteiger partial charge in [-0.2, -0.15) is 0 Å². The van der Waals surface area contributed by atoms with Crippen LogP contribution >= 0.6 is 0 Å². The highest BCUT2D eigenvalue weighted by Gasteiger charge is 2.32. The standard InChI is InChI=1S/C12H16N4O3/c1-7-5-8(7)6-14-12(17)9-3-2-4-10(16(18)19)11(9)15-13/h2-4,7-8,15H,5-6,13H2,1H3,(H,14,17). The van der Waals surface area contributed by atoms with Crippen molar-refractivity contribution in [2.24, 2.45) is 17.7 Å². The van der Waals surface area contributed by atoms with Gasteiger partial charge >= 0.3 is 0 Å². The molecule has 4 N–H and O–H groups in total. The van der Waals surface area contributed by atoms with Gasteiger partial charge < -0.3 is 10.7 Å². The van der Waals surface area contributed by atoms with Crippen molar-refractivity contribution in [2.75, 3.05) is 12.0 Å². The van der Waals surface area contributed by atoms with Gasteiger partial charge in [0.1, 0.15) is 5.69 Å². The number of nitro benzene ring substituents is 1. The summed E-state index contributed by atoms with van der Waals surface area (Å²) in [7, 11) is 0. The van der Waals surface area contributed by atoms with E-state index in [1.54, 1.807) is 0 Å². The molecular formula is C12H16N4O3. The van der Waals surface area contributed by atoms with E-state index in [0.29, 0.717) is 18.4 Å². The highest BCUT2D eigenvalue weighted by Crippen LogP contribution is 2.37. The lowest BCUT2D eigenvalue weighted by Crippen LogP contribution is -2.27. The Kier molecular flexibility index (Phi) is 3.66. The van der Waals surface area contributed by atoms with Crippen LogP contribution in [0, 0.1) is 22.0 Å². The Labute approximate surface area is 110 Å². The first-order valence-corrected chi connectivity index (χ1v) is 6.06. The third kappa shape index (κ3) is 2.82. The number of hydrogen-bond acceptors (Lipinski definition) is 5. The van der Waals surface area contributed by atoms with Gasteiger partial charge in [-0.15, -0.1) is 0 Å². The molecule has 2 atom stereocenters. The summed E-state index contributed by atoms with van der Waals surface area (Å²) in [6.07, 6.45) is 1.11. The average molecular weight is 264 g/mol. The quantitative estimate of drug-likeness (QED) is 0.421. The molecule has 1 aromatic rings. The molecule has 2 unspecified atom stereocenters. The molecule has 0 aliphatic heterocycles. The minimum Gasteiger partial charge on any atom is -0.352 e. The lowest BCUT2D eigenvalue weighted by atomic mass is 10.1. The van der Waals surface area contributed by atoms with E-state index in [9.17, 15) is 14.9 Å². The normalized spacial score (nSPS) is 20.7. The van der Waals surface area contributed by atoms with Gasteiger partial charge in [0.25, 0.3) is 11.6 Å². The van der Waals surface area contributed by atoms with Crippen LogP contribution < -0.4 is 16.6 Å². The Morgan fingerprint density at radius 2 is 2.26 bits per heavy atom. The van der Waals surface area contributed by atoms with Crippen LogP contribution in [0.3, 0.4) is 0 Å². The van der Waals surface area contributed by atoms with E-state index in [0.717, 1.165) is 6.42 Å². The molecule has 1 amide bonds. The lowest BCUT2D eigenvalue weighted by molar-refractivity contribution is -0.384. The number of benzene rings is 1. The summed E-state index contributed by atoms with van der Waals surface area (Å²) in [6, 6.07) is 4.27. The molecule has 102 valence electrons. The van der Waals surface area contributed by atoms with E-state index in [4.69, 9.17) is 5.84 Å². The molecule has 0 radical (unpaired) electrons. The van der Waals surface area contributed by atoms with Crippen LogP contribution in [0.25, 0.3) is 0 Å². The molecule has 0 saturated heterocycles. The number of rotatable bonds is 5. The predicted molar refractivity (Wildman–Crippen MR) is 70.5 cm³/mol. The Bertz CT molecular complexity index is 518. The van der Waals surface area contributed by atoms with Crippen LogP contribution in [-0.2, 0) is 0 Å². The number of carbonyl (C=O) groups excluding carboxylic acids is 1. The fourth-order valence-electron chi connectivity index (χ4n) is 2.04. The molecule has 0 aromatic heterocycles.